The molecule has 1 saturated carbocycles. The van der Waals surface area contributed by atoms with Crippen LogP contribution in [0.5, 0.6) is 0 Å². The van der Waals surface area contributed by atoms with E-state index in [2.05, 4.69) is 133 Å². The fourth-order valence-electron chi connectivity index (χ4n) is 8.14. The van der Waals surface area contributed by atoms with Gasteiger partial charge < -0.3 is 0 Å². The lowest BCUT2D eigenvalue weighted by atomic mass is 9.67. The van der Waals surface area contributed by atoms with E-state index in [0.717, 1.165) is 51.8 Å². The van der Waals surface area contributed by atoms with Crippen molar-refractivity contribution in [1.29, 1.82) is 5.26 Å². The monoisotopic (exact) mass is 642 g/mol. The predicted octanol–water partition coefficient (Wildman–Crippen LogP) is 11.3. The molecular formula is C46H34N4. The first-order valence-electron chi connectivity index (χ1n) is 17.5. The molecule has 4 nitrogen and oxygen atoms in total. The maximum absolute atomic E-state index is 9.93. The van der Waals surface area contributed by atoms with Gasteiger partial charge in [0.05, 0.1) is 11.6 Å². The summed E-state index contributed by atoms with van der Waals surface area (Å²) >= 11 is 0. The van der Waals surface area contributed by atoms with E-state index >= 15 is 0 Å². The molecule has 0 atom stereocenters. The summed E-state index contributed by atoms with van der Waals surface area (Å²) in [5.74, 6) is 1.90. The maximum Gasteiger partial charge on any atom is 0.164 e. The topological polar surface area (TPSA) is 62.5 Å². The van der Waals surface area contributed by atoms with Crippen molar-refractivity contribution in [3.63, 3.8) is 0 Å². The van der Waals surface area contributed by atoms with Crippen molar-refractivity contribution >= 4 is 0 Å². The molecule has 6 aromatic carbocycles. The van der Waals surface area contributed by atoms with Gasteiger partial charge >= 0.3 is 0 Å². The highest BCUT2D eigenvalue weighted by atomic mass is 15.0. The van der Waals surface area contributed by atoms with Crippen molar-refractivity contribution in [2.24, 2.45) is 0 Å². The minimum Gasteiger partial charge on any atom is -0.208 e. The third-order valence-corrected chi connectivity index (χ3v) is 10.6. The molecule has 0 aliphatic heterocycles. The number of fused-ring (bicyclic) bond motifs is 5. The zero-order valence-corrected chi connectivity index (χ0v) is 27.7. The normalized spacial score (nSPS) is 14.1. The molecule has 0 N–H and O–H groups in total. The highest BCUT2D eigenvalue weighted by Gasteiger charge is 2.45. The van der Waals surface area contributed by atoms with Crippen LogP contribution in [0.25, 0.3) is 67.5 Å². The van der Waals surface area contributed by atoms with Crippen molar-refractivity contribution < 1.29 is 0 Å². The molecule has 4 heteroatoms. The Morgan fingerprint density at radius 2 is 0.960 bits per heavy atom. The van der Waals surface area contributed by atoms with E-state index in [0.29, 0.717) is 23.0 Å². The maximum atomic E-state index is 9.93. The summed E-state index contributed by atoms with van der Waals surface area (Å²) in [6.07, 6.45) is 5.87. The van der Waals surface area contributed by atoms with Gasteiger partial charge in [-0.25, -0.2) is 15.0 Å². The first kappa shape index (κ1) is 29.9. The van der Waals surface area contributed by atoms with Crippen LogP contribution < -0.4 is 0 Å². The van der Waals surface area contributed by atoms with Crippen LogP contribution in [0.3, 0.4) is 0 Å². The summed E-state index contributed by atoms with van der Waals surface area (Å²) in [7, 11) is 0. The molecule has 2 aliphatic carbocycles. The molecule has 1 aromatic heterocycles. The molecule has 7 aromatic rings. The lowest BCUT2D eigenvalue weighted by Crippen LogP contribution is -2.28. The van der Waals surface area contributed by atoms with Gasteiger partial charge in [-0.3, -0.25) is 0 Å². The van der Waals surface area contributed by atoms with Crippen LogP contribution in [0.2, 0.25) is 0 Å². The Balaban J connectivity index is 1.22. The second-order valence-corrected chi connectivity index (χ2v) is 13.4. The molecule has 9 rings (SSSR count). The van der Waals surface area contributed by atoms with E-state index in [4.69, 9.17) is 15.0 Å². The first-order valence-corrected chi connectivity index (χ1v) is 17.5. The molecule has 2 aliphatic rings. The number of benzene rings is 6. The Morgan fingerprint density at radius 3 is 1.52 bits per heavy atom. The van der Waals surface area contributed by atoms with Crippen molar-refractivity contribution in [2.75, 3.05) is 0 Å². The molecule has 0 bridgehead atoms. The Labute approximate surface area is 292 Å². The van der Waals surface area contributed by atoms with Gasteiger partial charge in [0.2, 0.25) is 0 Å². The smallest absolute Gasteiger partial charge is 0.164 e. The Bertz CT molecular complexity index is 2280. The summed E-state index contributed by atoms with van der Waals surface area (Å²) in [4.78, 5) is 15.5. The van der Waals surface area contributed by atoms with Crippen LogP contribution in [0.4, 0.5) is 0 Å². The number of rotatable bonds is 5. The summed E-state index contributed by atoms with van der Waals surface area (Å²) in [6.45, 7) is 0. The standard InChI is InChI=1S/C46H34N4/c47-30-31-17-26-40-39(29-31)42-38(15-10-16-41(42)46(40)27-8-3-9-28-46)45-49-43(36-22-18-34(19-23-36)32-11-4-1-5-12-32)48-44(50-45)37-24-20-35(21-25-37)33-13-6-2-7-14-33/h1-2,4-7,10-26,29H,3,8-9,27-28H2. The second-order valence-electron chi connectivity index (χ2n) is 13.4. The van der Waals surface area contributed by atoms with Crippen molar-refractivity contribution in [3.05, 3.63) is 162 Å². The van der Waals surface area contributed by atoms with Crippen LogP contribution in [0.1, 0.15) is 48.8 Å². The fourth-order valence-corrected chi connectivity index (χ4v) is 8.14. The summed E-state index contributed by atoms with van der Waals surface area (Å²) in [6, 6.07) is 53.0. The van der Waals surface area contributed by atoms with E-state index in [-0.39, 0.29) is 5.41 Å². The van der Waals surface area contributed by atoms with Gasteiger partial charge in [0, 0.05) is 22.1 Å². The summed E-state index contributed by atoms with van der Waals surface area (Å²) in [5, 5.41) is 9.93. The summed E-state index contributed by atoms with van der Waals surface area (Å²) < 4.78 is 0. The number of hydrogen-bond acceptors (Lipinski definition) is 4. The van der Waals surface area contributed by atoms with E-state index in [9.17, 15) is 5.26 Å². The molecule has 1 spiro atoms. The quantitative estimate of drug-likeness (QED) is 0.187. The van der Waals surface area contributed by atoms with Crippen molar-refractivity contribution in [3.8, 4) is 73.6 Å². The average molecular weight is 643 g/mol. The molecule has 1 heterocycles. The zero-order valence-electron chi connectivity index (χ0n) is 27.7. The fraction of sp³-hybridized carbons (Fsp3) is 0.130. The number of hydrogen-bond donors (Lipinski definition) is 0. The predicted molar refractivity (Wildman–Crippen MR) is 201 cm³/mol. The number of nitrogens with zero attached hydrogens (tertiary/aromatic N) is 4. The van der Waals surface area contributed by atoms with E-state index < -0.39 is 0 Å². The van der Waals surface area contributed by atoms with E-state index in [1.165, 1.54) is 41.5 Å². The minimum atomic E-state index is -0.0495. The molecule has 0 saturated heterocycles. The first-order chi connectivity index (χ1) is 24.7. The van der Waals surface area contributed by atoms with Gasteiger partial charge in [-0.15, -0.1) is 0 Å². The van der Waals surface area contributed by atoms with Crippen LogP contribution >= 0.6 is 0 Å². The minimum absolute atomic E-state index is 0.0495. The molecule has 0 amide bonds. The molecular weight excluding hydrogens is 609 g/mol. The van der Waals surface area contributed by atoms with Crippen LogP contribution in [0.15, 0.2) is 146 Å². The van der Waals surface area contributed by atoms with E-state index in [1.54, 1.807) is 0 Å². The van der Waals surface area contributed by atoms with Gasteiger partial charge in [0.1, 0.15) is 0 Å². The third kappa shape index (κ3) is 5.11. The lowest BCUT2D eigenvalue weighted by Gasteiger charge is -2.36. The molecule has 238 valence electrons. The van der Waals surface area contributed by atoms with Gasteiger partial charge in [-0.2, -0.15) is 5.26 Å². The molecule has 0 radical (unpaired) electrons. The Morgan fingerprint density at radius 1 is 0.440 bits per heavy atom. The SMILES string of the molecule is N#Cc1ccc2c(c1)-c1c(-c3nc(-c4ccc(-c5ccccc5)cc4)nc(-c4ccc(-c5ccccc5)cc4)n3)cccc1C21CCCCC1. The number of aromatic nitrogens is 3. The van der Waals surface area contributed by atoms with Crippen molar-refractivity contribution in [2.45, 2.75) is 37.5 Å². The Hall–Kier alpha value is -6.18. The number of nitriles is 1. The van der Waals surface area contributed by atoms with Crippen LogP contribution in [0, 0.1) is 11.3 Å². The van der Waals surface area contributed by atoms with Gasteiger partial charge in [-0.05, 0) is 69.5 Å². The Kier molecular flexibility index (Phi) is 7.40. The van der Waals surface area contributed by atoms with Gasteiger partial charge in [-0.1, -0.05) is 153 Å². The molecule has 0 unspecified atom stereocenters. The molecule has 50 heavy (non-hydrogen) atoms. The van der Waals surface area contributed by atoms with E-state index in [1.807, 2.05) is 18.2 Å². The highest BCUT2D eigenvalue weighted by Crippen LogP contribution is 2.57. The zero-order chi connectivity index (χ0) is 33.5. The molecule has 1 fully saturated rings. The van der Waals surface area contributed by atoms with Crippen LogP contribution in [-0.4, -0.2) is 15.0 Å². The van der Waals surface area contributed by atoms with Gasteiger partial charge in [0.15, 0.2) is 17.5 Å². The lowest BCUT2D eigenvalue weighted by molar-refractivity contribution is 0.353. The third-order valence-electron chi connectivity index (χ3n) is 10.6. The largest absolute Gasteiger partial charge is 0.208 e. The van der Waals surface area contributed by atoms with Crippen LogP contribution in [-0.2, 0) is 5.41 Å². The van der Waals surface area contributed by atoms with Gasteiger partial charge in [0.25, 0.3) is 0 Å². The second kappa shape index (κ2) is 12.4. The van der Waals surface area contributed by atoms with Crippen molar-refractivity contribution in [1.82, 2.24) is 15.0 Å². The average Bonchev–Trinajstić information content (AvgIpc) is 3.46. The summed E-state index contributed by atoms with van der Waals surface area (Å²) in [5.41, 5.74) is 13.0. The highest BCUT2D eigenvalue weighted by molar-refractivity contribution is 5.92.